The van der Waals surface area contributed by atoms with Gasteiger partial charge in [-0.3, -0.25) is 4.79 Å². The molecular formula is C18H17ClO4S. The average Bonchev–Trinajstić information content (AvgIpc) is 2.61. The Morgan fingerprint density at radius 1 is 1.17 bits per heavy atom. The molecule has 0 spiro atoms. The van der Waals surface area contributed by atoms with Gasteiger partial charge in [-0.1, -0.05) is 17.7 Å². The van der Waals surface area contributed by atoms with Crippen molar-refractivity contribution in [3.63, 3.8) is 0 Å². The van der Waals surface area contributed by atoms with Crippen molar-refractivity contribution in [3.8, 4) is 17.2 Å². The van der Waals surface area contributed by atoms with E-state index >= 15 is 0 Å². The van der Waals surface area contributed by atoms with E-state index in [-0.39, 0.29) is 22.3 Å². The van der Waals surface area contributed by atoms with E-state index in [0.717, 1.165) is 4.90 Å². The molecule has 2 aromatic carbocycles. The van der Waals surface area contributed by atoms with Crippen LogP contribution in [0.25, 0.3) is 6.08 Å². The Bertz CT molecular complexity index is 787. The van der Waals surface area contributed by atoms with Gasteiger partial charge in [0.25, 0.3) is 0 Å². The number of methoxy groups -OCH3 is 2. The predicted molar refractivity (Wildman–Crippen MR) is 97.8 cm³/mol. The summed E-state index contributed by atoms with van der Waals surface area (Å²) in [6, 6.07) is 8.47. The van der Waals surface area contributed by atoms with Crippen LogP contribution in [0.15, 0.2) is 41.3 Å². The zero-order valence-corrected chi connectivity index (χ0v) is 15.1. The van der Waals surface area contributed by atoms with Crippen LogP contribution in [0.5, 0.6) is 17.2 Å². The molecule has 0 saturated heterocycles. The molecule has 24 heavy (non-hydrogen) atoms. The second-order valence-corrected chi connectivity index (χ2v) is 6.08. The molecule has 0 radical (unpaired) electrons. The summed E-state index contributed by atoms with van der Waals surface area (Å²) < 4.78 is 10.3. The van der Waals surface area contributed by atoms with Crippen molar-refractivity contribution >= 4 is 35.2 Å². The molecule has 0 amide bonds. The minimum absolute atomic E-state index is 0.125. The lowest BCUT2D eigenvalue weighted by molar-refractivity contribution is 0.104. The summed E-state index contributed by atoms with van der Waals surface area (Å²) in [4.78, 5) is 13.3. The number of thioether (sulfide) groups is 1. The fourth-order valence-electron chi connectivity index (χ4n) is 2.10. The first-order valence-electron chi connectivity index (χ1n) is 7.01. The third-order valence-corrected chi connectivity index (χ3v) is 4.43. The Morgan fingerprint density at radius 2 is 1.88 bits per heavy atom. The number of benzene rings is 2. The molecule has 0 unspecified atom stereocenters. The maximum atomic E-state index is 12.3. The van der Waals surface area contributed by atoms with Crippen molar-refractivity contribution in [2.24, 2.45) is 0 Å². The van der Waals surface area contributed by atoms with Gasteiger partial charge in [-0.2, -0.15) is 0 Å². The number of aromatic hydroxyl groups is 1. The Labute approximate surface area is 150 Å². The molecule has 0 aliphatic carbocycles. The third kappa shape index (κ3) is 4.04. The molecular weight excluding hydrogens is 348 g/mol. The summed E-state index contributed by atoms with van der Waals surface area (Å²) in [5.41, 5.74) is 1.17. The normalized spacial score (nSPS) is 10.8. The Balaban J connectivity index is 2.26. The SMILES string of the molecule is COc1cc(C(=O)/C=C/c2cc(Cl)c(O)c(OC)c2)ccc1SC. The lowest BCUT2D eigenvalue weighted by Gasteiger charge is -2.07. The van der Waals surface area contributed by atoms with Crippen molar-refractivity contribution < 1.29 is 19.4 Å². The molecule has 0 fully saturated rings. The van der Waals surface area contributed by atoms with E-state index in [2.05, 4.69) is 0 Å². The summed E-state index contributed by atoms with van der Waals surface area (Å²) in [7, 11) is 3.01. The van der Waals surface area contributed by atoms with Crippen LogP contribution in [0.3, 0.4) is 0 Å². The van der Waals surface area contributed by atoms with Crippen LogP contribution in [0.2, 0.25) is 5.02 Å². The van der Waals surface area contributed by atoms with E-state index in [1.807, 2.05) is 12.3 Å². The lowest BCUT2D eigenvalue weighted by atomic mass is 10.1. The Hall–Kier alpha value is -2.11. The summed E-state index contributed by atoms with van der Waals surface area (Å²) >= 11 is 7.49. The molecule has 2 rings (SSSR count). The van der Waals surface area contributed by atoms with E-state index in [0.29, 0.717) is 16.9 Å². The van der Waals surface area contributed by atoms with E-state index in [1.165, 1.54) is 13.2 Å². The number of hydrogen-bond acceptors (Lipinski definition) is 5. The highest BCUT2D eigenvalue weighted by molar-refractivity contribution is 7.98. The van der Waals surface area contributed by atoms with Gasteiger partial charge in [0.1, 0.15) is 5.75 Å². The van der Waals surface area contributed by atoms with Crippen LogP contribution in [-0.4, -0.2) is 31.4 Å². The smallest absolute Gasteiger partial charge is 0.185 e. The van der Waals surface area contributed by atoms with Gasteiger partial charge in [-0.05, 0) is 48.2 Å². The number of phenols is 1. The molecule has 0 heterocycles. The van der Waals surface area contributed by atoms with Crippen LogP contribution in [0, 0.1) is 0 Å². The molecule has 0 aliphatic rings. The number of ether oxygens (including phenoxy) is 2. The quantitative estimate of drug-likeness (QED) is 0.458. The molecule has 126 valence electrons. The van der Waals surface area contributed by atoms with Gasteiger partial charge in [0.2, 0.25) is 0 Å². The number of carbonyl (C=O) groups excluding carboxylic acids is 1. The molecule has 0 aliphatic heterocycles. The zero-order chi connectivity index (χ0) is 17.7. The number of rotatable bonds is 6. The van der Waals surface area contributed by atoms with E-state index < -0.39 is 0 Å². The van der Waals surface area contributed by atoms with Crippen molar-refractivity contribution in [2.75, 3.05) is 20.5 Å². The standard InChI is InChI=1S/C18H17ClO4S/c1-22-15-10-12(5-7-17(15)24-3)14(20)6-4-11-8-13(19)18(21)16(9-11)23-2/h4-10,21H,1-3H3/b6-4+. The number of phenolic OH excluding ortho intramolecular Hbond substituents is 1. The van der Waals surface area contributed by atoms with Crippen LogP contribution in [-0.2, 0) is 0 Å². The van der Waals surface area contributed by atoms with Crippen LogP contribution >= 0.6 is 23.4 Å². The Kier molecular flexibility index (Phi) is 6.17. The molecule has 0 saturated carbocycles. The molecule has 6 heteroatoms. The molecule has 2 aromatic rings. The van der Waals surface area contributed by atoms with E-state index in [9.17, 15) is 9.90 Å². The van der Waals surface area contributed by atoms with Crippen LogP contribution in [0.4, 0.5) is 0 Å². The maximum Gasteiger partial charge on any atom is 0.185 e. The minimum Gasteiger partial charge on any atom is -0.503 e. The monoisotopic (exact) mass is 364 g/mol. The highest BCUT2D eigenvalue weighted by Crippen LogP contribution is 2.35. The lowest BCUT2D eigenvalue weighted by Crippen LogP contribution is -1.96. The molecule has 0 aromatic heterocycles. The number of carbonyl (C=O) groups is 1. The second-order valence-electron chi connectivity index (χ2n) is 4.82. The molecule has 0 atom stereocenters. The van der Waals surface area contributed by atoms with Gasteiger partial charge >= 0.3 is 0 Å². The summed E-state index contributed by atoms with van der Waals surface area (Å²) in [6.07, 6.45) is 5.00. The number of ketones is 1. The average molecular weight is 365 g/mol. The van der Waals surface area contributed by atoms with Gasteiger partial charge in [-0.15, -0.1) is 11.8 Å². The summed E-state index contributed by atoms with van der Waals surface area (Å²) in [5.74, 6) is 0.626. The third-order valence-electron chi connectivity index (χ3n) is 3.37. The highest BCUT2D eigenvalue weighted by Gasteiger charge is 2.10. The van der Waals surface area contributed by atoms with E-state index in [1.54, 1.807) is 49.2 Å². The molecule has 4 nitrogen and oxygen atoms in total. The number of allylic oxidation sites excluding steroid dienone is 1. The summed E-state index contributed by atoms with van der Waals surface area (Å²) in [6.45, 7) is 0. The van der Waals surface area contributed by atoms with Crippen molar-refractivity contribution in [3.05, 3.63) is 52.6 Å². The first-order chi connectivity index (χ1) is 11.5. The summed E-state index contributed by atoms with van der Waals surface area (Å²) in [5, 5.41) is 9.88. The first-order valence-corrected chi connectivity index (χ1v) is 8.61. The van der Waals surface area contributed by atoms with Gasteiger partial charge in [0.05, 0.1) is 19.2 Å². The largest absolute Gasteiger partial charge is 0.503 e. The van der Waals surface area contributed by atoms with Crippen LogP contribution in [0.1, 0.15) is 15.9 Å². The zero-order valence-electron chi connectivity index (χ0n) is 13.5. The number of halogens is 1. The van der Waals surface area contributed by atoms with E-state index in [4.69, 9.17) is 21.1 Å². The molecule has 0 bridgehead atoms. The predicted octanol–water partition coefficient (Wildman–Crippen LogP) is 4.68. The highest BCUT2D eigenvalue weighted by atomic mass is 35.5. The number of hydrogen-bond donors (Lipinski definition) is 1. The van der Waals surface area contributed by atoms with Crippen molar-refractivity contribution in [2.45, 2.75) is 4.90 Å². The van der Waals surface area contributed by atoms with Crippen molar-refractivity contribution in [1.82, 2.24) is 0 Å². The van der Waals surface area contributed by atoms with Crippen molar-refractivity contribution in [1.29, 1.82) is 0 Å². The van der Waals surface area contributed by atoms with Gasteiger partial charge in [0.15, 0.2) is 17.3 Å². The topological polar surface area (TPSA) is 55.8 Å². The van der Waals surface area contributed by atoms with Gasteiger partial charge < -0.3 is 14.6 Å². The van der Waals surface area contributed by atoms with Crippen LogP contribution < -0.4 is 9.47 Å². The van der Waals surface area contributed by atoms with Gasteiger partial charge in [-0.25, -0.2) is 0 Å². The fraction of sp³-hybridized carbons (Fsp3) is 0.167. The fourth-order valence-corrected chi connectivity index (χ4v) is 2.87. The first kappa shape index (κ1) is 18.2. The molecule has 1 N–H and O–H groups in total. The minimum atomic E-state index is -0.163. The van der Waals surface area contributed by atoms with Gasteiger partial charge in [0, 0.05) is 10.5 Å². The Morgan fingerprint density at radius 3 is 2.50 bits per heavy atom. The second kappa shape index (κ2) is 8.13. The maximum absolute atomic E-state index is 12.3.